The van der Waals surface area contributed by atoms with Crippen LogP contribution in [0.5, 0.6) is 5.75 Å². The number of hydroxylamine groups is 1. The first-order valence-electron chi connectivity index (χ1n) is 8.04. The van der Waals surface area contributed by atoms with Gasteiger partial charge in [-0.15, -0.1) is 0 Å². The first kappa shape index (κ1) is 18.5. The summed E-state index contributed by atoms with van der Waals surface area (Å²) in [7, 11) is 1.21. The van der Waals surface area contributed by atoms with E-state index in [0.29, 0.717) is 16.3 Å². The number of aryl methyl sites for hydroxylation is 2. The molecule has 0 heterocycles. The molecule has 0 saturated heterocycles. The van der Waals surface area contributed by atoms with Crippen molar-refractivity contribution in [1.29, 1.82) is 0 Å². The number of nitrogens with zero attached hydrogens (tertiary/aromatic N) is 1. The van der Waals surface area contributed by atoms with E-state index in [2.05, 4.69) is 24.3 Å². The van der Waals surface area contributed by atoms with Gasteiger partial charge in [-0.1, -0.05) is 43.8 Å². The zero-order valence-electron chi connectivity index (χ0n) is 14.8. The van der Waals surface area contributed by atoms with Crippen molar-refractivity contribution in [1.82, 2.24) is 0 Å². The monoisotopic (exact) mass is 341 g/mol. The first-order chi connectivity index (χ1) is 12.0. The Morgan fingerprint density at radius 3 is 2.64 bits per heavy atom. The molecule has 2 aromatic rings. The number of hydrogen-bond acceptors (Lipinski definition) is 4. The number of carbonyl (C=O) groups is 1. The molecule has 25 heavy (non-hydrogen) atoms. The van der Waals surface area contributed by atoms with Gasteiger partial charge < -0.3 is 9.47 Å². The molecule has 1 amide bonds. The summed E-state index contributed by atoms with van der Waals surface area (Å²) in [5, 5.41) is 10.5. The van der Waals surface area contributed by atoms with Crippen LogP contribution in [-0.4, -0.2) is 18.4 Å². The van der Waals surface area contributed by atoms with Crippen molar-refractivity contribution in [3.63, 3.8) is 0 Å². The molecule has 5 heteroatoms. The molecule has 5 nitrogen and oxygen atoms in total. The molecule has 0 radical (unpaired) electrons. The second-order valence-corrected chi connectivity index (χ2v) is 5.62. The molecule has 132 valence electrons. The van der Waals surface area contributed by atoms with E-state index in [0.717, 1.165) is 23.3 Å². The summed E-state index contributed by atoms with van der Waals surface area (Å²) in [6.07, 6.45) is 1.73. The van der Waals surface area contributed by atoms with Gasteiger partial charge in [-0.05, 0) is 42.2 Å². The lowest BCUT2D eigenvalue weighted by atomic mass is 10.1. The van der Waals surface area contributed by atoms with E-state index in [9.17, 15) is 10.0 Å². The highest BCUT2D eigenvalue weighted by molar-refractivity contribution is 5.86. The van der Waals surface area contributed by atoms with Crippen molar-refractivity contribution in [2.75, 3.05) is 12.2 Å². The number of benzene rings is 2. The van der Waals surface area contributed by atoms with Crippen LogP contribution in [0.3, 0.4) is 0 Å². The molecule has 0 aliphatic heterocycles. The zero-order chi connectivity index (χ0) is 18.4. The Hall–Kier alpha value is -2.79. The molecular formula is C20H23NO4. The van der Waals surface area contributed by atoms with Crippen LogP contribution in [-0.2, 0) is 17.8 Å². The highest BCUT2D eigenvalue weighted by Gasteiger charge is 2.18. The third-order valence-electron chi connectivity index (χ3n) is 3.95. The van der Waals surface area contributed by atoms with Gasteiger partial charge in [0.05, 0.1) is 12.8 Å². The van der Waals surface area contributed by atoms with Crippen LogP contribution in [0.2, 0.25) is 0 Å². The average molecular weight is 341 g/mol. The van der Waals surface area contributed by atoms with Crippen LogP contribution >= 0.6 is 0 Å². The van der Waals surface area contributed by atoms with Crippen molar-refractivity contribution in [3.05, 3.63) is 65.2 Å². The minimum absolute atomic E-state index is 0.202. The Kier molecular flexibility index (Phi) is 6.19. The molecule has 0 aliphatic carbocycles. The third-order valence-corrected chi connectivity index (χ3v) is 3.95. The molecule has 2 rings (SSSR count). The van der Waals surface area contributed by atoms with Gasteiger partial charge in [-0.25, -0.2) is 4.79 Å². The van der Waals surface area contributed by atoms with Crippen LogP contribution in [0.4, 0.5) is 10.5 Å². The lowest BCUT2D eigenvalue weighted by molar-refractivity contribution is 0.140. The molecule has 0 saturated carbocycles. The summed E-state index contributed by atoms with van der Waals surface area (Å²) in [5.41, 5.74) is 4.00. The zero-order valence-corrected chi connectivity index (χ0v) is 14.8. The fourth-order valence-electron chi connectivity index (χ4n) is 2.46. The molecule has 0 bridgehead atoms. The maximum Gasteiger partial charge on any atom is 0.438 e. The minimum atomic E-state index is -0.869. The van der Waals surface area contributed by atoms with E-state index in [-0.39, 0.29) is 6.61 Å². The Bertz CT molecular complexity index is 770. The Morgan fingerprint density at radius 2 is 2.04 bits per heavy atom. The summed E-state index contributed by atoms with van der Waals surface area (Å²) in [5.74, 6) is 0.763. The van der Waals surface area contributed by atoms with Gasteiger partial charge in [-0.3, -0.25) is 5.21 Å². The third kappa shape index (κ3) is 4.39. The Morgan fingerprint density at radius 1 is 1.28 bits per heavy atom. The van der Waals surface area contributed by atoms with Crippen LogP contribution in [0.15, 0.2) is 43.0 Å². The van der Waals surface area contributed by atoms with E-state index in [1.165, 1.54) is 12.7 Å². The number of anilines is 1. The van der Waals surface area contributed by atoms with E-state index < -0.39 is 6.09 Å². The first-order valence-corrected chi connectivity index (χ1v) is 8.04. The molecular weight excluding hydrogens is 318 g/mol. The largest absolute Gasteiger partial charge is 0.489 e. The topological polar surface area (TPSA) is 59.0 Å². The van der Waals surface area contributed by atoms with Crippen molar-refractivity contribution in [3.8, 4) is 5.75 Å². The van der Waals surface area contributed by atoms with E-state index >= 15 is 0 Å². The van der Waals surface area contributed by atoms with Gasteiger partial charge in [0.2, 0.25) is 0 Å². The lowest BCUT2D eigenvalue weighted by Gasteiger charge is -2.19. The molecule has 0 fully saturated rings. The predicted octanol–water partition coefficient (Wildman–Crippen LogP) is 4.74. The average Bonchev–Trinajstić information content (AvgIpc) is 2.65. The Labute approximate surface area is 148 Å². The summed E-state index contributed by atoms with van der Waals surface area (Å²) in [4.78, 5) is 11.7. The quantitative estimate of drug-likeness (QED) is 0.609. The lowest BCUT2D eigenvalue weighted by Crippen LogP contribution is -2.28. The summed E-state index contributed by atoms with van der Waals surface area (Å²) < 4.78 is 10.5. The maximum absolute atomic E-state index is 11.7. The summed E-state index contributed by atoms with van der Waals surface area (Å²) in [6.45, 7) is 7.99. The van der Waals surface area contributed by atoms with E-state index in [1.807, 2.05) is 25.1 Å². The molecule has 0 unspecified atom stereocenters. The Balaban J connectivity index is 2.26. The molecule has 0 aromatic heterocycles. The highest BCUT2D eigenvalue weighted by atomic mass is 16.6. The van der Waals surface area contributed by atoms with Gasteiger partial charge in [0.25, 0.3) is 0 Å². The maximum atomic E-state index is 11.7. The van der Waals surface area contributed by atoms with Crippen molar-refractivity contribution < 1.29 is 19.5 Å². The predicted molar refractivity (Wildman–Crippen MR) is 98.1 cm³/mol. The highest BCUT2D eigenvalue weighted by Crippen LogP contribution is 2.26. The van der Waals surface area contributed by atoms with Crippen molar-refractivity contribution >= 4 is 17.9 Å². The molecule has 2 aromatic carbocycles. The number of rotatable bonds is 6. The normalized spacial score (nSPS) is 10.2. The summed E-state index contributed by atoms with van der Waals surface area (Å²) in [6, 6.07) is 11.3. The number of ether oxygens (including phenoxy) is 2. The van der Waals surface area contributed by atoms with Crippen molar-refractivity contribution in [2.24, 2.45) is 0 Å². The van der Waals surface area contributed by atoms with Gasteiger partial charge in [-0.2, -0.15) is 5.06 Å². The molecule has 0 atom stereocenters. The van der Waals surface area contributed by atoms with Gasteiger partial charge in [0.15, 0.2) is 0 Å². The number of amides is 1. The van der Waals surface area contributed by atoms with Crippen LogP contribution in [0.1, 0.15) is 29.2 Å². The minimum Gasteiger partial charge on any atom is -0.489 e. The van der Waals surface area contributed by atoms with E-state index in [4.69, 9.17) is 4.74 Å². The number of hydrogen-bond donors (Lipinski definition) is 1. The summed E-state index contributed by atoms with van der Waals surface area (Å²) >= 11 is 0. The van der Waals surface area contributed by atoms with Crippen LogP contribution < -0.4 is 9.80 Å². The molecule has 0 spiro atoms. The van der Waals surface area contributed by atoms with Gasteiger partial charge in [0, 0.05) is 5.56 Å². The van der Waals surface area contributed by atoms with E-state index in [1.54, 1.807) is 18.2 Å². The fourth-order valence-corrected chi connectivity index (χ4v) is 2.46. The van der Waals surface area contributed by atoms with Gasteiger partial charge >= 0.3 is 6.09 Å². The van der Waals surface area contributed by atoms with Gasteiger partial charge in [0.1, 0.15) is 12.4 Å². The van der Waals surface area contributed by atoms with Crippen molar-refractivity contribution in [2.45, 2.75) is 26.9 Å². The standard InChI is InChI=1S/C20H23NO4/c1-5-15-8-10-19(14(3)11-15)25-13-17-9-7-16(6-2)12-18(17)21(23)20(22)24-4/h6-12,23H,2,5,13H2,1,3-4H3. The fraction of sp³-hybridized carbons (Fsp3) is 0.250. The molecule has 0 aliphatic rings. The van der Waals surface area contributed by atoms with Crippen LogP contribution in [0.25, 0.3) is 6.08 Å². The second kappa shape index (κ2) is 8.35. The number of methoxy groups -OCH3 is 1. The smallest absolute Gasteiger partial charge is 0.438 e. The molecule has 1 N–H and O–H groups in total. The second-order valence-electron chi connectivity index (χ2n) is 5.62. The van der Waals surface area contributed by atoms with Crippen LogP contribution in [0, 0.1) is 6.92 Å². The number of carbonyl (C=O) groups excluding carboxylic acids is 1. The SMILES string of the molecule is C=Cc1ccc(COc2ccc(CC)cc2C)c(N(O)C(=O)OC)c1.